The largest absolute Gasteiger partial charge is 0.497 e. The quantitative estimate of drug-likeness (QED) is 0.813. The van der Waals surface area contributed by atoms with Gasteiger partial charge in [-0.3, -0.25) is 14.5 Å². The summed E-state index contributed by atoms with van der Waals surface area (Å²) in [7, 11) is 1.67. The van der Waals surface area contributed by atoms with E-state index in [1.54, 1.807) is 7.11 Å². The van der Waals surface area contributed by atoms with Gasteiger partial charge in [0.15, 0.2) is 0 Å². The zero-order chi connectivity index (χ0) is 17.5. The van der Waals surface area contributed by atoms with E-state index in [0.29, 0.717) is 0 Å². The van der Waals surface area contributed by atoms with Gasteiger partial charge in [-0.2, -0.15) is 0 Å². The summed E-state index contributed by atoms with van der Waals surface area (Å²) in [6.45, 7) is 5.55. The third-order valence-electron chi connectivity index (χ3n) is 4.19. The first-order valence-corrected chi connectivity index (χ1v) is 8.35. The normalized spacial score (nSPS) is 21.1. The maximum absolute atomic E-state index is 11.4. The van der Waals surface area contributed by atoms with Gasteiger partial charge in [0.2, 0.25) is 11.8 Å². The van der Waals surface area contributed by atoms with Crippen molar-refractivity contribution in [1.82, 2.24) is 15.5 Å². The van der Waals surface area contributed by atoms with Crippen LogP contribution >= 0.6 is 0 Å². The number of nitrogens with zero attached hydrogens (tertiary/aromatic N) is 1. The Morgan fingerprint density at radius 3 is 2.33 bits per heavy atom. The number of rotatable bonds is 6. The van der Waals surface area contributed by atoms with E-state index < -0.39 is 0 Å². The Kier molecular flexibility index (Phi) is 6.61. The van der Waals surface area contributed by atoms with E-state index in [2.05, 4.69) is 21.6 Å². The number of hydrogen-bond donors (Lipinski definition) is 2. The lowest BCUT2D eigenvalue weighted by Gasteiger charge is -2.38. The molecule has 1 heterocycles. The highest BCUT2D eigenvalue weighted by Crippen LogP contribution is 2.15. The van der Waals surface area contributed by atoms with Crippen LogP contribution in [0.3, 0.4) is 0 Å². The summed E-state index contributed by atoms with van der Waals surface area (Å²) in [6, 6.07) is 8.19. The molecule has 132 valence electrons. The highest BCUT2D eigenvalue weighted by molar-refractivity contribution is 5.74. The molecule has 2 atom stereocenters. The number of carbonyl (C=O) groups excluding carboxylic acids is 2. The lowest BCUT2D eigenvalue weighted by atomic mass is 9.99. The second kappa shape index (κ2) is 8.68. The molecule has 1 aromatic rings. The Balaban J connectivity index is 1.95. The Labute approximate surface area is 143 Å². The van der Waals surface area contributed by atoms with Crippen LogP contribution in [0.15, 0.2) is 24.3 Å². The summed E-state index contributed by atoms with van der Waals surface area (Å²) in [5.41, 5.74) is 1.21. The molecule has 0 aromatic heterocycles. The molecule has 6 heteroatoms. The standard InChI is InChI=1S/C18H27N3O3/c1-13(22)19-16-10-17(20-14(2)23)12-21(11-16)8-7-15-5-4-6-18(9-15)24-3/h4-6,9,16-17H,7-8,10-12H2,1-3H3,(H,19,22)(H,20,23)/t16-,17+. The summed E-state index contributed by atoms with van der Waals surface area (Å²) < 4.78 is 5.26. The molecule has 0 saturated carbocycles. The van der Waals surface area contributed by atoms with Crippen molar-refractivity contribution in [3.63, 3.8) is 0 Å². The van der Waals surface area contributed by atoms with Gasteiger partial charge in [0.05, 0.1) is 7.11 Å². The Morgan fingerprint density at radius 1 is 1.17 bits per heavy atom. The van der Waals surface area contributed by atoms with E-state index >= 15 is 0 Å². The number of benzene rings is 1. The summed E-state index contributed by atoms with van der Waals surface area (Å²) in [5.74, 6) is 0.797. The van der Waals surface area contributed by atoms with Gasteiger partial charge in [-0.1, -0.05) is 12.1 Å². The number of carbonyl (C=O) groups is 2. The van der Waals surface area contributed by atoms with Crippen LogP contribution in [0.5, 0.6) is 5.75 Å². The Hall–Kier alpha value is -2.08. The van der Waals surface area contributed by atoms with Crippen LogP contribution in [-0.2, 0) is 16.0 Å². The van der Waals surface area contributed by atoms with Gasteiger partial charge < -0.3 is 15.4 Å². The van der Waals surface area contributed by atoms with E-state index in [0.717, 1.165) is 38.2 Å². The molecule has 2 amide bonds. The predicted molar refractivity (Wildman–Crippen MR) is 93.0 cm³/mol. The fourth-order valence-electron chi connectivity index (χ4n) is 3.27. The molecule has 1 fully saturated rings. The molecule has 1 saturated heterocycles. The zero-order valence-corrected chi connectivity index (χ0v) is 14.7. The van der Waals surface area contributed by atoms with Gasteiger partial charge in [0.1, 0.15) is 5.75 Å². The molecule has 1 aromatic carbocycles. The maximum atomic E-state index is 11.4. The molecular formula is C18H27N3O3. The Bertz CT molecular complexity index is 552. The van der Waals surface area contributed by atoms with Gasteiger partial charge in [-0.05, 0) is 30.5 Å². The Morgan fingerprint density at radius 2 is 1.79 bits per heavy atom. The predicted octanol–water partition coefficient (Wildman–Crippen LogP) is 0.953. The molecule has 24 heavy (non-hydrogen) atoms. The number of hydrogen-bond acceptors (Lipinski definition) is 4. The van der Waals surface area contributed by atoms with Crippen molar-refractivity contribution < 1.29 is 14.3 Å². The van der Waals surface area contributed by atoms with E-state index in [1.807, 2.05) is 18.2 Å². The number of likely N-dealkylation sites (tertiary alicyclic amines) is 1. The number of methoxy groups -OCH3 is 1. The fourth-order valence-corrected chi connectivity index (χ4v) is 3.27. The molecule has 0 unspecified atom stereocenters. The average Bonchev–Trinajstić information content (AvgIpc) is 2.51. The highest BCUT2D eigenvalue weighted by atomic mass is 16.5. The average molecular weight is 333 g/mol. The first kappa shape index (κ1) is 18.3. The highest BCUT2D eigenvalue weighted by Gasteiger charge is 2.27. The minimum absolute atomic E-state index is 0.0313. The van der Waals surface area contributed by atoms with Gasteiger partial charge in [-0.15, -0.1) is 0 Å². The maximum Gasteiger partial charge on any atom is 0.217 e. The van der Waals surface area contributed by atoms with E-state index in [1.165, 1.54) is 19.4 Å². The molecule has 2 N–H and O–H groups in total. The van der Waals surface area contributed by atoms with Crippen LogP contribution in [0.1, 0.15) is 25.8 Å². The molecule has 0 radical (unpaired) electrons. The number of amides is 2. The van der Waals surface area contributed by atoms with Crippen LogP contribution < -0.4 is 15.4 Å². The van der Waals surface area contributed by atoms with Crippen LogP contribution in [0.2, 0.25) is 0 Å². The lowest BCUT2D eigenvalue weighted by molar-refractivity contribution is -0.120. The first-order valence-electron chi connectivity index (χ1n) is 8.35. The topological polar surface area (TPSA) is 70.7 Å². The molecule has 1 aliphatic heterocycles. The summed E-state index contributed by atoms with van der Waals surface area (Å²) in [5, 5.41) is 5.96. The molecule has 2 rings (SSSR count). The van der Waals surface area contributed by atoms with Crippen molar-refractivity contribution in [2.45, 2.75) is 38.8 Å². The molecule has 1 aliphatic rings. The van der Waals surface area contributed by atoms with Crippen molar-refractivity contribution in [3.05, 3.63) is 29.8 Å². The molecular weight excluding hydrogens is 306 g/mol. The third-order valence-corrected chi connectivity index (χ3v) is 4.19. The van der Waals surface area contributed by atoms with Gasteiger partial charge in [-0.25, -0.2) is 0 Å². The summed E-state index contributed by atoms with van der Waals surface area (Å²) in [6.07, 6.45) is 1.67. The second-order valence-corrected chi connectivity index (χ2v) is 6.39. The SMILES string of the molecule is COc1cccc(CCN2C[C@H](NC(C)=O)C[C@H](NC(C)=O)C2)c1. The van der Waals surface area contributed by atoms with E-state index in [4.69, 9.17) is 4.74 Å². The van der Waals surface area contributed by atoms with Gasteiger partial charge in [0, 0.05) is 45.6 Å². The minimum atomic E-state index is -0.0313. The molecule has 0 bridgehead atoms. The fraction of sp³-hybridized carbons (Fsp3) is 0.556. The van der Waals surface area contributed by atoms with Crippen molar-refractivity contribution in [1.29, 1.82) is 0 Å². The minimum Gasteiger partial charge on any atom is -0.497 e. The molecule has 0 aliphatic carbocycles. The first-order chi connectivity index (χ1) is 11.5. The van der Waals surface area contributed by atoms with Crippen LogP contribution in [0.4, 0.5) is 0 Å². The van der Waals surface area contributed by atoms with Crippen LogP contribution in [0, 0.1) is 0 Å². The van der Waals surface area contributed by atoms with Crippen LogP contribution in [0.25, 0.3) is 0 Å². The van der Waals surface area contributed by atoms with E-state index in [9.17, 15) is 9.59 Å². The summed E-state index contributed by atoms with van der Waals surface area (Å²) >= 11 is 0. The van der Waals surface area contributed by atoms with Crippen molar-refractivity contribution in [3.8, 4) is 5.75 Å². The number of nitrogens with one attached hydrogen (secondary N) is 2. The number of ether oxygens (including phenoxy) is 1. The van der Waals surface area contributed by atoms with Gasteiger partial charge >= 0.3 is 0 Å². The van der Waals surface area contributed by atoms with Gasteiger partial charge in [0.25, 0.3) is 0 Å². The van der Waals surface area contributed by atoms with E-state index in [-0.39, 0.29) is 23.9 Å². The van der Waals surface area contributed by atoms with Crippen LogP contribution in [-0.4, -0.2) is 55.5 Å². The third kappa shape index (κ3) is 5.85. The monoisotopic (exact) mass is 333 g/mol. The summed E-state index contributed by atoms with van der Waals surface area (Å²) in [4.78, 5) is 25.0. The van der Waals surface area contributed by atoms with Crippen molar-refractivity contribution in [2.75, 3.05) is 26.7 Å². The zero-order valence-electron chi connectivity index (χ0n) is 14.7. The molecule has 6 nitrogen and oxygen atoms in total. The second-order valence-electron chi connectivity index (χ2n) is 6.39. The molecule has 0 spiro atoms. The van der Waals surface area contributed by atoms with Crippen molar-refractivity contribution in [2.24, 2.45) is 0 Å². The number of piperidine rings is 1. The lowest BCUT2D eigenvalue weighted by Crippen LogP contribution is -2.56. The smallest absolute Gasteiger partial charge is 0.217 e. The van der Waals surface area contributed by atoms with Crippen molar-refractivity contribution >= 4 is 11.8 Å².